The van der Waals surface area contributed by atoms with E-state index in [-0.39, 0.29) is 5.28 Å². The van der Waals surface area contributed by atoms with Gasteiger partial charge < -0.3 is 9.47 Å². The Bertz CT molecular complexity index is 848. The summed E-state index contributed by atoms with van der Waals surface area (Å²) in [5.41, 5.74) is 4.88. The highest BCUT2D eigenvalue weighted by atomic mass is 35.5. The maximum absolute atomic E-state index is 9.47. The molecule has 23 heavy (non-hydrogen) atoms. The molecule has 2 aromatic carbocycles. The highest BCUT2D eigenvalue weighted by Gasteiger charge is 2.11. The van der Waals surface area contributed by atoms with Crippen molar-refractivity contribution in [3.05, 3.63) is 41.8 Å². The van der Waals surface area contributed by atoms with Crippen LogP contribution < -0.4 is 15.0 Å². The second-order valence-corrected chi connectivity index (χ2v) is 5.15. The number of fused-ring (bicyclic) bond motifs is 1. The normalized spacial score (nSPS) is 10.6. The highest BCUT2D eigenvalue weighted by molar-refractivity contribution is 6.28. The summed E-state index contributed by atoms with van der Waals surface area (Å²) in [6.45, 7) is 0. The van der Waals surface area contributed by atoms with E-state index in [2.05, 4.69) is 15.4 Å². The predicted molar refractivity (Wildman–Crippen MR) is 88.5 cm³/mol. The van der Waals surface area contributed by atoms with E-state index in [9.17, 15) is 5.21 Å². The molecule has 118 valence electrons. The predicted octanol–water partition coefficient (Wildman–Crippen LogP) is 3.77. The van der Waals surface area contributed by atoms with Gasteiger partial charge in [-0.05, 0) is 41.4 Å². The van der Waals surface area contributed by atoms with Crippen LogP contribution in [0.15, 0.2) is 36.5 Å². The summed E-state index contributed by atoms with van der Waals surface area (Å²) in [5.74, 6) is 1.30. The first-order chi connectivity index (χ1) is 11.1. The Hall–Kier alpha value is -2.57. The number of hydrogen-bond donors (Lipinski definition) is 2. The molecule has 0 unspecified atom stereocenters. The van der Waals surface area contributed by atoms with Crippen LogP contribution >= 0.6 is 11.6 Å². The molecule has 3 rings (SSSR count). The standard InChI is InChI=1S/C16H14ClN3O3/c1-22-11-3-9(4-12(6-11)23-2)13-5-10-8-18-16(17)19-14(10)7-15(13)20-21/h3-8,20-21H,1-2H3. The molecular formula is C16H14ClN3O3. The maximum atomic E-state index is 9.47. The van der Waals surface area contributed by atoms with E-state index in [0.29, 0.717) is 22.7 Å². The molecule has 6 nitrogen and oxygen atoms in total. The molecule has 0 amide bonds. The Balaban J connectivity index is 2.24. The first kappa shape index (κ1) is 15.3. The monoisotopic (exact) mass is 331 g/mol. The fourth-order valence-electron chi connectivity index (χ4n) is 2.35. The van der Waals surface area contributed by atoms with Gasteiger partial charge in [0.15, 0.2) is 0 Å². The first-order valence-corrected chi connectivity index (χ1v) is 7.12. The number of hydrogen-bond acceptors (Lipinski definition) is 6. The molecule has 2 N–H and O–H groups in total. The van der Waals surface area contributed by atoms with E-state index >= 15 is 0 Å². The van der Waals surface area contributed by atoms with Crippen LogP contribution in [0.1, 0.15) is 0 Å². The van der Waals surface area contributed by atoms with Gasteiger partial charge in [0.2, 0.25) is 5.28 Å². The van der Waals surface area contributed by atoms with Crippen molar-refractivity contribution in [3.63, 3.8) is 0 Å². The van der Waals surface area contributed by atoms with Crippen LogP contribution in [-0.4, -0.2) is 29.4 Å². The number of benzene rings is 2. The smallest absolute Gasteiger partial charge is 0.222 e. The summed E-state index contributed by atoms with van der Waals surface area (Å²) < 4.78 is 10.6. The van der Waals surface area contributed by atoms with Crippen LogP contribution in [0.25, 0.3) is 22.0 Å². The minimum absolute atomic E-state index is 0.150. The summed E-state index contributed by atoms with van der Waals surface area (Å²) in [7, 11) is 3.17. The molecule has 1 aromatic heterocycles. The molecule has 0 aliphatic rings. The average molecular weight is 332 g/mol. The van der Waals surface area contributed by atoms with Crippen LogP contribution in [0.5, 0.6) is 11.5 Å². The topological polar surface area (TPSA) is 76.5 Å². The Labute approximate surface area is 137 Å². The summed E-state index contributed by atoms with van der Waals surface area (Å²) in [6, 6.07) is 9.03. The van der Waals surface area contributed by atoms with E-state index < -0.39 is 0 Å². The fourth-order valence-corrected chi connectivity index (χ4v) is 2.49. The Morgan fingerprint density at radius 2 is 1.74 bits per heavy atom. The summed E-state index contributed by atoms with van der Waals surface area (Å²) in [4.78, 5) is 8.13. The molecule has 0 radical (unpaired) electrons. The molecule has 0 fully saturated rings. The quantitative estimate of drug-likeness (QED) is 0.560. The third-order valence-electron chi connectivity index (χ3n) is 3.47. The van der Waals surface area contributed by atoms with Crippen molar-refractivity contribution in [2.45, 2.75) is 0 Å². The van der Waals surface area contributed by atoms with Gasteiger partial charge >= 0.3 is 0 Å². The van der Waals surface area contributed by atoms with Crippen molar-refractivity contribution in [3.8, 4) is 22.6 Å². The third kappa shape index (κ3) is 2.99. The molecular weight excluding hydrogens is 318 g/mol. The molecule has 0 aliphatic heterocycles. The summed E-state index contributed by atoms with van der Waals surface area (Å²) in [6.07, 6.45) is 1.63. The van der Waals surface area contributed by atoms with Crippen LogP contribution in [0.2, 0.25) is 5.28 Å². The van der Waals surface area contributed by atoms with Crippen LogP contribution in [0.4, 0.5) is 5.69 Å². The van der Waals surface area contributed by atoms with Gasteiger partial charge in [0.05, 0.1) is 25.4 Å². The van der Waals surface area contributed by atoms with E-state index in [1.165, 1.54) is 0 Å². The SMILES string of the molecule is COc1cc(OC)cc(-c2cc3cnc(Cl)nc3cc2NO)c1. The highest BCUT2D eigenvalue weighted by Crippen LogP contribution is 2.36. The maximum Gasteiger partial charge on any atom is 0.222 e. The van der Waals surface area contributed by atoms with Crippen molar-refractivity contribution >= 4 is 28.2 Å². The van der Waals surface area contributed by atoms with Crippen molar-refractivity contribution in [1.82, 2.24) is 9.97 Å². The number of nitrogens with one attached hydrogen (secondary N) is 1. The molecule has 0 saturated heterocycles. The zero-order chi connectivity index (χ0) is 16.4. The second-order valence-electron chi connectivity index (χ2n) is 4.81. The average Bonchev–Trinajstić information content (AvgIpc) is 2.59. The minimum atomic E-state index is 0.150. The number of methoxy groups -OCH3 is 2. The molecule has 1 heterocycles. The number of ether oxygens (including phenoxy) is 2. The van der Waals surface area contributed by atoms with Crippen molar-refractivity contribution < 1.29 is 14.7 Å². The van der Waals surface area contributed by atoms with Gasteiger partial charge in [0.1, 0.15) is 11.5 Å². The van der Waals surface area contributed by atoms with E-state index in [1.54, 1.807) is 32.5 Å². The lowest BCUT2D eigenvalue weighted by molar-refractivity contribution is 0.389. The van der Waals surface area contributed by atoms with Gasteiger partial charge in [-0.2, -0.15) is 0 Å². The number of nitrogens with zero attached hydrogens (tertiary/aromatic N) is 2. The van der Waals surface area contributed by atoms with E-state index in [1.807, 2.05) is 18.2 Å². The van der Waals surface area contributed by atoms with E-state index in [0.717, 1.165) is 16.5 Å². The van der Waals surface area contributed by atoms with Crippen molar-refractivity contribution in [2.24, 2.45) is 0 Å². The van der Waals surface area contributed by atoms with Crippen LogP contribution in [0.3, 0.4) is 0 Å². The molecule has 3 aromatic rings. The number of anilines is 1. The lowest BCUT2D eigenvalue weighted by atomic mass is 10.0. The number of aromatic nitrogens is 2. The number of rotatable bonds is 4. The minimum Gasteiger partial charge on any atom is -0.497 e. The van der Waals surface area contributed by atoms with Gasteiger partial charge in [-0.1, -0.05) is 0 Å². The Kier molecular flexibility index (Phi) is 4.18. The van der Waals surface area contributed by atoms with Gasteiger partial charge in [-0.15, -0.1) is 0 Å². The van der Waals surface area contributed by atoms with Gasteiger partial charge in [-0.25, -0.2) is 9.97 Å². The lowest BCUT2D eigenvalue weighted by Gasteiger charge is -2.13. The van der Waals surface area contributed by atoms with Crippen molar-refractivity contribution in [1.29, 1.82) is 0 Å². The van der Waals surface area contributed by atoms with Crippen molar-refractivity contribution in [2.75, 3.05) is 19.7 Å². The largest absolute Gasteiger partial charge is 0.497 e. The van der Waals surface area contributed by atoms with E-state index in [4.69, 9.17) is 21.1 Å². The molecule has 0 spiro atoms. The molecule has 0 saturated carbocycles. The first-order valence-electron chi connectivity index (χ1n) is 6.74. The zero-order valence-corrected chi connectivity index (χ0v) is 13.3. The van der Waals surface area contributed by atoms with Gasteiger partial charge in [0.25, 0.3) is 0 Å². The van der Waals surface area contributed by atoms with Crippen LogP contribution in [-0.2, 0) is 0 Å². The van der Waals surface area contributed by atoms with Gasteiger partial charge in [-0.3, -0.25) is 10.7 Å². The van der Waals surface area contributed by atoms with Gasteiger partial charge in [0, 0.05) is 23.2 Å². The Morgan fingerprint density at radius 3 is 2.35 bits per heavy atom. The second kappa shape index (κ2) is 6.28. The summed E-state index contributed by atoms with van der Waals surface area (Å²) in [5, 5.41) is 10.4. The number of halogens is 1. The lowest BCUT2D eigenvalue weighted by Crippen LogP contribution is -1.96. The zero-order valence-electron chi connectivity index (χ0n) is 12.5. The Morgan fingerprint density at radius 1 is 1.04 bits per heavy atom. The fraction of sp³-hybridized carbons (Fsp3) is 0.125. The molecule has 0 atom stereocenters. The molecule has 0 bridgehead atoms. The summed E-state index contributed by atoms with van der Waals surface area (Å²) >= 11 is 5.81. The molecule has 7 heteroatoms. The van der Waals surface area contributed by atoms with Crippen LogP contribution in [0, 0.1) is 0 Å². The molecule has 0 aliphatic carbocycles. The third-order valence-corrected chi connectivity index (χ3v) is 3.65.